The Morgan fingerprint density at radius 1 is 1.36 bits per heavy atom. The van der Waals surface area contributed by atoms with Gasteiger partial charge >= 0.3 is 5.97 Å². The molecular formula is C15H18N2O5. The number of amides is 1. The fourth-order valence-electron chi connectivity index (χ4n) is 2.66. The molecule has 1 aromatic rings. The summed E-state index contributed by atoms with van der Waals surface area (Å²) in [5.74, 6) is -0.826. The van der Waals surface area contributed by atoms with Crippen LogP contribution in [-0.2, 0) is 9.53 Å². The van der Waals surface area contributed by atoms with E-state index in [1.165, 1.54) is 18.1 Å². The lowest BCUT2D eigenvalue weighted by Gasteiger charge is -2.33. The van der Waals surface area contributed by atoms with Crippen LogP contribution in [0.25, 0.3) is 0 Å². The molecule has 1 heterocycles. The summed E-state index contributed by atoms with van der Waals surface area (Å²) in [7, 11) is 1.29. The van der Waals surface area contributed by atoms with Gasteiger partial charge in [0, 0.05) is 23.7 Å². The van der Waals surface area contributed by atoms with E-state index in [0.29, 0.717) is 18.5 Å². The van der Waals surface area contributed by atoms with Gasteiger partial charge in [-0.3, -0.25) is 14.9 Å². The van der Waals surface area contributed by atoms with Gasteiger partial charge in [0.1, 0.15) is 6.04 Å². The summed E-state index contributed by atoms with van der Waals surface area (Å²) in [4.78, 5) is 36.4. The van der Waals surface area contributed by atoms with E-state index >= 15 is 0 Å². The van der Waals surface area contributed by atoms with Crippen molar-refractivity contribution in [3.05, 3.63) is 39.4 Å². The second-order valence-electron chi connectivity index (χ2n) is 5.29. The fraction of sp³-hybridized carbons (Fsp3) is 0.467. The fourth-order valence-corrected chi connectivity index (χ4v) is 2.66. The van der Waals surface area contributed by atoms with Crippen molar-refractivity contribution in [3.63, 3.8) is 0 Å². The molecule has 1 aliphatic rings. The number of nitro benzene ring substituents is 1. The van der Waals surface area contributed by atoms with Crippen molar-refractivity contribution in [2.24, 2.45) is 0 Å². The van der Waals surface area contributed by atoms with Gasteiger partial charge in [-0.25, -0.2) is 4.79 Å². The molecule has 1 aromatic carbocycles. The predicted molar refractivity (Wildman–Crippen MR) is 78.5 cm³/mol. The number of carbonyl (C=O) groups excluding carboxylic acids is 2. The number of ether oxygens (including phenoxy) is 1. The molecule has 118 valence electrons. The summed E-state index contributed by atoms with van der Waals surface area (Å²) in [6.45, 7) is 2.06. The number of benzene rings is 1. The molecule has 0 bridgehead atoms. The van der Waals surface area contributed by atoms with Crippen LogP contribution in [-0.4, -0.2) is 41.4 Å². The van der Waals surface area contributed by atoms with Crippen LogP contribution in [0, 0.1) is 17.0 Å². The predicted octanol–water partition coefficient (Wildman–Crippen LogP) is 2.07. The number of hydrogen-bond donors (Lipinski definition) is 0. The number of aryl methyl sites for hydroxylation is 1. The highest BCUT2D eigenvalue weighted by Crippen LogP contribution is 2.24. The van der Waals surface area contributed by atoms with E-state index < -0.39 is 16.9 Å². The monoisotopic (exact) mass is 306 g/mol. The van der Waals surface area contributed by atoms with E-state index in [2.05, 4.69) is 0 Å². The first-order valence-corrected chi connectivity index (χ1v) is 7.09. The van der Waals surface area contributed by atoms with Gasteiger partial charge < -0.3 is 9.64 Å². The first kappa shape index (κ1) is 15.9. The summed E-state index contributed by atoms with van der Waals surface area (Å²) in [6.07, 6.45) is 2.19. The maximum absolute atomic E-state index is 12.6. The number of carbonyl (C=O) groups is 2. The van der Waals surface area contributed by atoms with Crippen molar-refractivity contribution >= 4 is 17.6 Å². The van der Waals surface area contributed by atoms with Gasteiger partial charge in [0.15, 0.2) is 0 Å². The molecule has 0 saturated carbocycles. The third-order valence-electron chi connectivity index (χ3n) is 3.89. The highest BCUT2D eigenvalue weighted by molar-refractivity contribution is 5.97. The van der Waals surface area contributed by atoms with E-state index in [1.807, 2.05) is 0 Å². The zero-order valence-corrected chi connectivity index (χ0v) is 12.6. The Hall–Kier alpha value is -2.44. The van der Waals surface area contributed by atoms with Crippen molar-refractivity contribution < 1.29 is 19.2 Å². The third kappa shape index (κ3) is 3.08. The molecule has 2 rings (SSSR count). The first-order chi connectivity index (χ1) is 10.5. The average Bonchev–Trinajstić information content (AvgIpc) is 2.53. The maximum atomic E-state index is 12.6. The Morgan fingerprint density at radius 2 is 2.09 bits per heavy atom. The molecule has 1 saturated heterocycles. The lowest BCUT2D eigenvalue weighted by molar-refractivity contribution is -0.385. The molecule has 1 atom stereocenters. The average molecular weight is 306 g/mol. The molecule has 7 nitrogen and oxygen atoms in total. The molecule has 1 aliphatic heterocycles. The number of nitro groups is 1. The molecule has 0 aromatic heterocycles. The Balaban J connectivity index is 2.31. The van der Waals surface area contributed by atoms with Crippen molar-refractivity contribution in [1.82, 2.24) is 4.90 Å². The zero-order valence-electron chi connectivity index (χ0n) is 12.6. The van der Waals surface area contributed by atoms with Gasteiger partial charge in [0.25, 0.3) is 11.6 Å². The van der Waals surface area contributed by atoms with Crippen molar-refractivity contribution in [3.8, 4) is 0 Å². The number of esters is 1. The number of likely N-dealkylation sites (tertiary alicyclic amines) is 1. The molecule has 0 spiro atoms. The highest BCUT2D eigenvalue weighted by atomic mass is 16.6. The molecule has 1 amide bonds. The van der Waals surface area contributed by atoms with E-state index in [1.54, 1.807) is 19.1 Å². The minimum Gasteiger partial charge on any atom is -0.467 e. The second kappa shape index (κ2) is 6.55. The number of hydrogen-bond acceptors (Lipinski definition) is 5. The molecule has 0 radical (unpaired) electrons. The smallest absolute Gasteiger partial charge is 0.328 e. The minimum absolute atomic E-state index is 0.0996. The van der Waals surface area contributed by atoms with Crippen molar-refractivity contribution in [2.45, 2.75) is 32.2 Å². The number of piperidine rings is 1. The number of nitrogens with zero attached hydrogens (tertiary/aromatic N) is 2. The third-order valence-corrected chi connectivity index (χ3v) is 3.89. The van der Waals surface area contributed by atoms with Gasteiger partial charge in [0.2, 0.25) is 0 Å². The minimum atomic E-state index is -0.619. The van der Waals surface area contributed by atoms with Crippen LogP contribution in [0.15, 0.2) is 18.2 Å². The van der Waals surface area contributed by atoms with Crippen molar-refractivity contribution in [1.29, 1.82) is 0 Å². The lowest BCUT2D eigenvalue weighted by Crippen LogP contribution is -2.48. The van der Waals surface area contributed by atoms with Crippen LogP contribution in [0.5, 0.6) is 0 Å². The molecular weight excluding hydrogens is 288 g/mol. The molecule has 7 heteroatoms. The van der Waals surface area contributed by atoms with Gasteiger partial charge in [0.05, 0.1) is 12.0 Å². The summed E-state index contributed by atoms with van der Waals surface area (Å²) < 4.78 is 4.75. The van der Waals surface area contributed by atoms with E-state index in [9.17, 15) is 19.7 Å². The molecule has 0 unspecified atom stereocenters. The normalized spacial score (nSPS) is 17.9. The first-order valence-electron chi connectivity index (χ1n) is 7.09. The summed E-state index contributed by atoms with van der Waals surface area (Å²) in [5.41, 5.74) is 0.607. The Bertz CT molecular complexity index is 614. The topological polar surface area (TPSA) is 89.8 Å². The highest BCUT2D eigenvalue weighted by Gasteiger charge is 2.33. The number of rotatable bonds is 3. The molecule has 22 heavy (non-hydrogen) atoms. The van der Waals surface area contributed by atoms with Crippen LogP contribution >= 0.6 is 0 Å². The number of methoxy groups -OCH3 is 1. The van der Waals surface area contributed by atoms with Crippen molar-refractivity contribution in [2.75, 3.05) is 13.7 Å². The Morgan fingerprint density at radius 3 is 2.73 bits per heavy atom. The largest absolute Gasteiger partial charge is 0.467 e. The SMILES string of the molecule is COC(=O)[C@H]1CCCCN1C(=O)c1ccc(C)c([N+](=O)[O-])c1. The van der Waals surface area contributed by atoms with Crippen LogP contribution in [0.3, 0.4) is 0 Å². The van der Waals surface area contributed by atoms with Crippen LogP contribution in [0.1, 0.15) is 35.2 Å². The molecule has 0 aliphatic carbocycles. The second-order valence-corrected chi connectivity index (χ2v) is 5.29. The van der Waals surface area contributed by atoms with Gasteiger partial charge in [-0.15, -0.1) is 0 Å². The standard InChI is InChI=1S/C15H18N2O5/c1-10-6-7-11(9-13(10)17(20)21)14(18)16-8-4-3-5-12(16)15(19)22-2/h6-7,9,12H,3-5,8H2,1-2H3/t12-/m1/s1. The molecule has 0 N–H and O–H groups in total. The Labute approximate surface area is 128 Å². The van der Waals surface area contributed by atoms with E-state index in [0.717, 1.165) is 12.8 Å². The van der Waals surface area contributed by atoms with E-state index in [-0.39, 0.29) is 17.2 Å². The zero-order chi connectivity index (χ0) is 16.3. The summed E-state index contributed by atoms with van der Waals surface area (Å²) >= 11 is 0. The van der Waals surface area contributed by atoms with Gasteiger partial charge in [-0.05, 0) is 32.3 Å². The van der Waals surface area contributed by atoms with Gasteiger partial charge in [-0.1, -0.05) is 6.07 Å². The lowest BCUT2D eigenvalue weighted by atomic mass is 10.00. The van der Waals surface area contributed by atoms with Crippen LogP contribution in [0.4, 0.5) is 5.69 Å². The maximum Gasteiger partial charge on any atom is 0.328 e. The summed E-state index contributed by atoms with van der Waals surface area (Å²) in [5, 5.41) is 11.0. The van der Waals surface area contributed by atoms with E-state index in [4.69, 9.17) is 4.74 Å². The van der Waals surface area contributed by atoms with Gasteiger partial charge in [-0.2, -0.15) is 0 Å². The summed E-state index contributed by atoms with van der Waals surface area (Å²) in [6, 6.07) is 3.74. The van der Waals surface area contributed by atoms with Crippen LogP contribution < -0.4 is 0 Å². The molecule has 1 fully saturated rings. The quantitative estimate of drug-likeness (QED) is 0.484. The van der Waals surface area contributed by atoms with Crippen LogP contribution in [0.2, 0.25) is 0 Å². The Kier molecular flexibility index (Phi) is 4.75.